The summed E-state index contributed by atoms with van der Waals surface area (Å²) in [4.78, 5) is 3.97. The highest BCUT2D eigenvalue weighted by Crippen LogP contribution is 2.22. The largest absolute Gasteiger partial charge is 0.396 e. The number of aromatic nitrogens is 1. The van der Waals surface area contributed by atoms with Crippen molar-refractivity contribution in [3.8, 4) is 0 Å². The molecule has 84 valence electrons. The van der Waals surface area contributed by atoms with Gasteiger partial charge in [0.05, 0.1) is 29.5 Å². The quantitative estimate of drug-likeness (QED) is 0.605. The third-order valence-electron chi connectivity index (χ3n) is 2.00. The maximum Gasteiger partial charge on any atom is 0.149 e. The molecule has 0 unspecified atom stereocenters. The molecule has 5 N–H and O–H groups in total. The molecule has 0 atom stereocenters. The number of anilines is 2. The van der Waals surface area contributed by atoms with E-state index in [1.165, 1.54) is 6.20 Å². The van der Waals surface area contributed by atoms with Gasteiger partial charge in [0.15, 0.2) is 0 Å². The molecule has 5 nitrogen and oxygen atoms in total. The van der Waals surface area contributed by atoms with Crippen molar-refractivity contribution in [1.82, 2.24) is 4.98 Å². The Labute approximate surface area is 92.9 Å². The number of nitrogens with two attached hydrogens (primary N) is 1. The third kappa shape index (κ3) is 2.95. The summed E-state index contributed by atoms with van der Waals surface area (Å²) in [6.45, 7) is 1.20. The summed E-state index contributed by atoms with van der Waals surface area (Å²) in [5.41, 5.74) is 5.18. The van der Waals surface area contributed by atoms with Gasteiger partial charge in [-0.25, -0.2) is 4.98 Å². The van der Waals surface area contributed by atoms with Crippen LogP contribution in [0.15, 0.2) is 12.3 Å². The molecule has 1 rings (SSSR count). The van der Waals surface area contributed by atoms with Crippen LogP contribution in [0.1, 0.15) is 6.92 Å². The zero-order valence-electron chi connectivity index (χ0n) is 8.37. The summed E-state index contributed by atoms with van der Waals surface area (Å²) >= 11 is 5.69. The highest BCUT2D eigenvalue weighted by atomic mass is 35.5. The monoisotopic (exact) mass is 231 g/mol. The van der Waals surface area contributed by atoms with Gasteiger partial charge in [-0.15, -0.1) is 0 Å². The number of nitrogens with zero attached hydrogens (tertiary/aromatic N) is 1. The molecule has 0 saturated heterocycles. The van der Waals surface area contributed by atoms with Gasteiger partial charge in [0, 0.05) is 6.20 Å². The molecule has 6 heteroatoms. The van der Waals surface area contributed by atoms with Crippen LogP contribution in [0, 0.1) is 0 Å². The number of rotatable bonds is 4. The number of hydrogen-bond acceptors (Lipinski definition) is 5. The number of pyridine rings is 1. The van der Waals surface area contributed by atoms with E-state index < -0.39 is 5.54 Å². The molecular weight excluding hydrogens is 218 g/mol. The van der Waals surface area contributed by atoms with E-state index >= 15 is 0 Å². The lowest BCUT2D eigenvalue weighted by Crippen LogP contribution is -2.43. The SMILES string of the molecule is CC(CO)(CO)Nc1ncc(Cl)cc1N. The summed E-state index contributed by atoms with van der Waals surface area (Å²) in [5, 5.41) is 21.4. The number of aliphatic hydroxyl groups excluding tert-OH is 2. The normalized spacial score (nSPS) is 11.5. The molecule has 0 fully saturated rings. The van der Waals surface area contributed by atoms with Crippen molar-refractivity contribution in [3.63, 3.8) is 0 Å². The van der Waals surface area contributed by atoms with Crippen molar-refractivity contribution in [2.45, 2.75) is 12.5 Å². The van der Waals surface area contributed by atoms with Gasteiger partial charge < -0.3 is 21.3 Å². The number of aliphatic hydroxyl groups is 2. The highest BCUT2D eigenvalue weighted by molar-refractivity contribution is 6.30. The van der Waals surface area contributed by atoms with Crippen LogP contribution in [0.5, 0.6) is 0 Å². The van der Waals surface area contributed by atoms with Gasteiger partial charge in [0.2, 0.25) is 0 Å². The van der Waals surface area contributed by atoms with Gasteiger partial charge in [-0.1, -0.05) is 11.6 Å². The third-order valence-corrected chi connectivity index (χ3v) is 2.21. The van der Waals surface area contributed by atoms with Crippen molar-refractivity contribution in [2.75, 3.05) is 24.3 Å². The van der Waals surface area contributed by atoms with Crippen LogP contribution >= 0.6 is 11.6 Å². The second kappa shape index (κ2) is 4.65. The van der Waals surface area contributed by atoms with E-state index in [2.05, 4.69) is 10.3 Å². The summed E-state index contributed by atoms with van der Waals surface area (Å²) in [7, 11) is 0. The number of nitrogens with one attached hydrogen (secondary N) is 1. The molecule has 1 aromatic heterocycles. The zero-order valence-corrected chi connectivity index (χ0v) is 9.12. The second-order valence-electron chi connectivity index (χ2n) is 3.59. The van der Waals surface area contributed by atoms with Crippen LogP contribution in [-0.4, -0.2) is 33.9 Å². The minimum atomic E-state index is -0.852. The van der Waals surface area contributed by atoms with E-state index in [1.54, 1.807) is 13.0 Å². The van der Waals surface area contributed by atoms with Crippen LogP contribution in [0.25, 0.3) is 0 Å². The molecule has 0 aliphatic heterocycles. The molecule has 0 saturated carbocycles. The van der Waals surface area contributed by atoms with E-state index in [-0.39, 0.29) is 13.2 Å². The Bertz CT molecular complexity index is 342. The Kier molecular flexibility index (Phi) is 3.73. The number of nitrogen functional groups attached to an aromatic ring is 1. The van der Waals surface area contributed by atoms with Crippen molar-refractivity contribution < 1.29 is 10.2 Å². The molecule has 15 heavy (non-hydrogen) atoms. The molecule has 0 radical (unpaired) electrons. The van der Waals surface area contributed by atoms with Crippen molar-refractivity contribution in [2.24, 2.45) is 0 Å². The molecule has 0 aromatic carbocycles. The second-order valence-corrected chi connectivity index (χ2v) is 4.03. The zero-order chi connectivity index (χ0) is 11.5. The van der Waals surface area contributed by atoms with E-state index in [4.69, 9.17) is 27.5 Å². The minimum Gasteiger partial charge on any atom is -0.396 e. The van der Waals surface area contributed by atoms with Crippen molar-refractivity contribution in [1.29, 1.82) is 0 Å². The summed E-state index contributed by atoms with van der Waals surface area (Å²) < 4.78 is 0. The van der Waals surface area contributed by atoms with Crippen molar-refractivity contribution in [3.05, 3.63) is 17.3 Å². The summed E-state index contributed by atoms with van der Waals surface area (Å²) in [5.74, 6) is 0.394. The van der Waals surface area contributed by atoms with Crippen LogP contribution in [-0.2, 0) is 0 Å². The first-order chi connectivity index (χ1) is 7.00. The van der Waals surface area contributed by atoms with Crippen LogP contribution in [0.4, 0.5) is 11.5 Å². The topological polar surface area (TPSA) is 91.4 Å². The van der Waals surface area contributed by atoms with E-state index in [1.807, 2.05) is 0 Å². The Balaban J connectivity index is 2.89. The fourth-order valence-electron chi connectivity index (χ4n) is 0.974. The minimum absolute atomic E-state index is 0.229. The maximum atomic E-state index is 9.07. The molecule has 0 aliphatic rings. The van der Waals surface area contributed by atoms with Crippen LogP contribution in [0.2, 0.25) is 5.02 Å². The Morgan fingerprint density at radius 3 is 2.60 bits per heavy atom. The molecule has 0 amide bonds. The lowest BCUT2D eigenvalue weighted by molar-refractivity contribution is 0.147. The molecule has 0 aliphatic carbocycles. The first-order valence-electron chi connectivity index (χ1n) is 4.42. The molecule has 0 bridgehead atoms. The molecule has 1 heterocycles. The maximum absolute atomic E-state index is 9.07. The standard InChI is InChI=1S/C9H14ClN3O2/c1-9(4-14,5-15)13-8-7(11)2-6(10)3-12-8/h2-3,14-15H,4-5,11H2,1H3,(H,12,13). The van der Waals surface area contributed by atoms with Gasteiger partial charge in [0.25, 0.3) is 0 Å². The average Bonchev–Trinajstić information content (AvgIpc) is 2.22. The lowest BCUT2D eigenvalue weighted by atomic mass is 10.1. The smallest absolute Gasteiger partial charge is 0.149 e. The molecule has 0 spiro atoms. The van der Waals surface area contributed by atoms with Gasteiger partial charge in [-0.05, 0) is 13.0 Å². The Hall–Kier alpha value is -1.04. The average molecular weight is 232 g/mol. The van der Waals surface area contributed by atoms with E-state index in [9.17, 15) is 0 Å². The van der Waals surface area contributed by atoms with Crippen LogP contribution in [0.3, 0.4) is 0 Å². The summed E-state index contributed by atoms with van der Waals surface area (Å²) in [6.07, 6.45) is 1.44. The fourth-order valence-corrected chi connectivity index (χ4v) is 1.14. The highest BCUT2D eigenvalue weighted by Gasteiger charge is 2.23. The first kappa shape index (κ1) is 12.0. The van der Waals surface area contributed by atoms with Gasteiger partial charge >= 0.3 is 0 Å². The number of halogens is 1. The Morgan fingerprint density at radius 2 is 2.13 bits per heavy atom. The van der Waals surface area contributed by atoms with Crippen molar-refractivity contribution >= 4 is 23.1 Å². The molecule has 1 aromatic rings. The Morgan fingerprint density at radius 1 is 1.53 bits per heavy atom. The predicted molar refractivity (Wildman–Crippen MR) is 59.9 cm³/mol. The van der Waals surface area contributed by atoms with E-state index in [0.717, 1.165) is 0 Å². The van der Waals surface area contributed by atoms with E-state index in [0.29, 0.717) is 16.5 Å². The first-order valence-corrected chi connectivity index (χ1v) is 4.79. The van der Waals surface area contributed by atoms with Gasteiger partial charge in [-0.3, -0.25) is 0 Å². The number of hydrogen-bond donors (Lipinski definition) is 4. The molecular formula is C9H14ClN3O2. The van der Waals surface area contributed by atoms with Crippen LogP contribution < -0.4 is 11.1 Å². The lowest BCUT2D eigenvalue weighted by Gasteiger charge is -2.27. The van der Waals surface area contributed by atoms with Gasteiger partial charge in [-0.2, -0.15) is 0 Å². The van der Waals surface area contributed by atoms with Gasteiger partial charge in [0.1, 0.15) is 5.82 Å². The summed E-state index contributed by atoms with van der Waals surface area (Å²) in [6, 6.07) is 1.55. The fraction of sp³-hybridized carbons (Fsp3) is 0.444. The predicted octanol–water partition coefficient (Wildman–Crippen LogP) is 0.472.